The second-order valence-corrected chi connectivity index (χ2v) is 45.1. The number of carbonyl (C=O) groups excluding carboxylic acids is 7. The average Bonchev–Trinajstić information content (AvgIpc) is 0.852. The summed E-state index contributed by atoms with van der Waals surface area (Å²) in [5, 5.41) is 0. The Kier molecular flexibility index (Phi) is 47.5. The number of allylic oxidation sites excluding steroid dienone is 8. The van der Waals surface area contributed by atoms with Crippen LogP contribution in [-0.2, 0) is 33.6 Å². The van der Waals surface area contributed by atoms with Crippen molar-refractivity contribution in [2.75, 3.05) is 208 Å². The lowest BCUT2D eigenvalue weighted by Gasteiger charge is -2.40. The van der Waals surface area contributed by atoms with Crippen LogP contribution in [0.4, 0.5) is 0 Å². The second-order valence-electron chi connectivity index (χ2n) is 45.1. The second kappa shape index (κ2) is 57.8. The molecule has 18 rings (SSSR count). The number of ketones is 5. The maximum absolute atomic E-state index is 12.5. The van der Waals surface area contributed by atoms with Crippen LogP contribution in [-0.4, -0.2) is 319 Å². The Bertz CT molecular complexity index is 4140. The number of hydrogen-bond acceptors (Lipinski definition) is 19. The van der Waals surface area contributed by atoms with E-state index < -0.39 is 0 Å². The van der Waals surface area contributed by atoms with Gasteiger partial charge in [-0.1, -0.05) is 56.2 Å². The first-order valence-electron chi connectivity index (χ1n) is 54.7. The summed E-state index contributed by atoms with van der Waals surface area (Å²) in [5.74, 6) is 12.8. The number of ether oxygens (including phenoxy) is 1. The van der Waals surface area contributed by atoms with E-state index in [4.69, 9.17) is 4.74 Å². The van der Waals surface area contributed by atoms with Crippen molar-refractivity contribution in [2.45, 2.75) is 285 Å². The number of pyridine rings is 2. The molecule has 1 N–H and O–H groups in total. The third-order valence-corrected chi connectivity index (χ3v) is 34.4. The fourth-order valence-electron chi connectivity index (χ4n) is 25.1. The normalized spacial score (nSPS) is 28.0. The molecule has 11 saturated heterocycles. The molecule has 7 atom stereocenters. The van der Waals surface area contributed by atoms with Gasteiger partial charge in [-0.05, 0) is 484 Å². The van der Waals surface area contributed by atoms with Crippen LogP contribution in [0.2, 0.25) is 0 Å². The van der Waals surface area contributed by atoms with Gasteiger partial charge in [-0.15, -0.1) is 0 Å². The first-order chi connectivity index (χ1) is 65.3. The minimum absolute atomic E-state index is 0.0152. The standard InChI is InChI=1S/C14H26N2O.C13H24N2O.C13H23NO.C13H19NO.C13H23NO.C13H19NO.C12H18N2O.C12H21NO.C11H16N2O/c1-11(2)16-8-4-5-13(14(16)17)12-6-9-15(3)10-7-12;1-3-15-8-4-5-12(13(15)16)11-6-9-14(2)10-7-11;2*1-10-3-4-13(15)12(9-10)11-5-7-14(2)8-6-11;2*1-10-4-3-5-12(15)13(10)11-6-8-14(2)9-7-11;1-14-8-6-10(7-9-14)11-4-3-5-12(13-11)15-2;1-13-8-6-10(7-9-13)11-4-2-3-5-12(11)14;1-13-6-3-9(4-7-13)10-2-5-12-11(14)8-10/h11-13H,4-10H2,1-3H3;11-12H,3-10H2,1-2H3;10-12H,3-9H2,1-2H3;3,9,11H,4-8H2,1-2H3;10-11,13H,3-9H2,1-2H3;3-4,11H,5-9H2,1-2H3;3-5,10H,6-9H2,1-2H3;10-11H,2-9H2,1H3;2,5,8-9H,3-4,6-7H2,1H3,(H,12,14). The summed E-state index contributed by atoms with van der Waals surface area (Å²) < 4.78 is 5.15. The molecule has 22 heteroatoms. The maximum atomic E-state index is 12.5. The number of carbonyl (C=O) groups is 7. The third-order valence-electron chi connectivity index (χ3n) is 34.4. The molecule has 11 aliphatic heterocycles. The molecule has 14 fully saturated rings. The van der Waals surface area contributed by atoms with Crippen molar-refractivity contribution in [1.29, 1.82) is 0 Å². The Morgan fingerprint density at radius 3 is 1.36 bits per heavy atom. The van der Waals surface area contributed by atoms with Gasteiger partial charge < -0.3 is 63.6 Å². The summed E-state index contributed by atoms with van der Waals surface area (Å²) >= 11 is 0. The van der Waals surface area contributed by atoms with Gasteiger partial charge in [0.2, 0.25) is 23.3 Å². The summed E-state index contributed by atoms with van der Waals surface area (Å²) in [6, 6.07) is 10.2. The molecule has 136 heavy (non-hydrogen) atoms. The van der Waals surface area contributed by atoms with E-state index in [1.807, 2.05) is 35.3 Å². The van der Waals surface area contributed by atoms with E-state index in [-0.39, 0.29) is 5.56 Å². The van der Waals surface area contributed by atoms with Crippen LogP contribution < -0.4 is 10.3 Å². The van der Waals surface area contributed by atoms with Gasteiger partial charge in [0.1, 0.15) is 17.3 Å². The average molecular weight is 1890 g/mol. The summed E-state index contributed by atoms with van der Waals surface area (Å²) in [7, 11) is 21.2. The molecule has 22 nitrogen and oxygen atoms in total. The minimum Gasteiger partial charge on any atom is -0.481 e. The number of aromatic amines is 1. The van der Waals surface area contributed by atoms with Crippen molar-refractivity contribution in [2.24, 2.45) is 82.9 Å². The van der Waals surface area contributed by atoms with Gasteiger partial charge in [-0.25, -0.2) is 4.98 Å². The van der Waals surface area contributed by atoms with Gasteiger partial charge in [-0.2, -0.15) is 0 Å². The molecule has 2 amide bonds. The molecule has 3 saturated carbocycles. The smallest absolute Gasteiger partial charge is 0.248 e. The number of rotatable bonds is 12. The predicted octanol–water partition coefficient (Wildman–Crippen LogP) is 17.7. The predicted molar refractivity (Wildman–Crippen MR) is 556 cm³/mol. The molecule has 0 radical (unpaired) electrons. The Balaban J connectivity index is 0.000000158. The van der Waals surface area contributed by atoms with E-state index >= 15 is 0 Å². The zero-order valence-corrected chi connectivity index (χ0v) is 88.5. The summed E-state index contributed by atoms with van der Waals surface area (Å²) in [6.45, 7) is 38.8. The first kappa shape index (κ1) is 112. The largest absolute Gasteiger partial charge is 0.481 e. The molecule has 0 bridgehead atoms. The first-order valence-corrected chi connectivity index (χ1v) is 54.7. The Labute approximate surface area is 824 Å². The lowest BCUT2D eigenvalue weighted by atomic mass is 9.69. The highest BCUT2D eigenvalue weighted by molar-refractivity contribution is 5.99. The molecule has 764 valence electrons. The van der Waals surface area contributed by atoms with E-state index in [0.29, 0.717) is 148 Å². The molecule has 2 aromatic heterocycles. The number of aromatic nitrogens is 2. The topological polar surface area (TPSA) is 210 Å². The molecule has 0 spiro atoms. The number of H-pyrrole nitrogens is 1. The Morgan fingerprint density at radius 2 is 0.875 bits per heavy atom. The highest BCUT2D eigenvalue weighted by atomic mass is 16.5. The molecular formula is C114H189N13O9. The van der Waals surface area contributed by atoms with Crippen LogP contribution in [0.5, 0.6) is 5.88 Å². The lowest BCUT2D eigenvalue weighted by Crippen LogP contribution is -2.48. The number of hydrogen-bond donors (Lipinski definition) is 1. The number of piperidine rings is 11. The van der Waals surface area contributed by atoms with Crippen molar-refractivity contribution in [1.82, 2.24) is 63.9 Å². The zero-order valence-electron chi connectivity index (χ0n) is 88.5. The van der Waals surface area contributed by atoms with Crippen molar-refractivity contribution in [3.05, 3.63) is 105 Å². The van der Waals surface area contributed by atoms with Gasteiger partial charge >= 0.3 is 0 Å². The van der Waals surface area contributed by atoms with Crippen LogP contribution in [0.3, 0.4) is 0 Å². The van der Waals surface area contributed by atoms with Crippen LogP contribution in [0.25, 0.3) is 0 Å². The molecule has 7 unspecified atom stereocenters. The van der Waals surface area contributed by atoms with Gasteiger partial charge in [0.25, 0.3) is 0 Å². The number of likely N-dealkylation sites (tertiary alicyclic amines) is 11. The molecule has 0 aromatic carbocycles. The number of nitrogens with zero attached hydrogens (tertiary/aromatic N) is 12. The summed E-state index contributed by atoms with van der Waals surface area (Å²) in [4.78, 5) is 128. The van der Waals surface area contributed by atoms with E-state index in [2.05, 4.69) is 189 Å². The zero-order chi connectivity index (χ0) is 97.9. The highest BCUT2D eigenvalue weighted by Gasteiger charge is 2.42. The Morgan fingerprint density at radius 1 is 0.426 bits per heavy atom. The van der Waals surface area contributed by atoms with E-state index in [0.717, 1.165) is 178 Å². The highest BCUT2D eigenvalue weighted by Crippen LogP contribution is 2.42. The van der Waals surface area contributed by atoms with Crippen LogP contribution >= 0.6 is 0 Å². The van der Waals surface area contributed by atoms with Crippen molar-refractivity contribution in [3.63, 3.8) is 0 Å². The van der Waals surface area contributed by atoms with E-state index in [1.165, 1.54) is 210 Å². The van der Waals surface area contributed by atoms with Gasteiger partial charge in [0, 0.05) is 123 Å². The SMILES string of the molecule is CC(C)N1CCCC(C2CCN(C)CC2)C1=O.CC1=C(C2CCN(C)CC2)C(=O)CC=C1.CC1=CCC(=O)C(C2CCN(C)CC2)=C1.CC1CCC(=O)C(C2CCN(C)CC2)C1.CC1CCCC(=O)C1C1CCN(C)CC1.CCN1CCCC(C2CCN(C)CC2)C1=O.CN1CCC(C2CCCCC2=O)CC1.CN1CCC(c2cc[nH]c(=O)c2)CC1.COc1cccc(C2CCN(C)CC2)n1. The molecule has 5 aliphatic carbocycles. The van der Waals surface area contributed by atoms with Crippen LogP contribution in [0, 0.1) is 82.9 Å². The number of amides is 2. The monoisotopic (exact) mass is 1880 g/mol. The van der Waals surface area contributed by atoms with Crippen molar-refractivity contribution in [3.8, 4) is 5.88 Å². The number of Topliss-reactive ketones (excluding diaryl/α,β-unsaturated/α-hetero) is 5. The molecule has 2 aromatic rings. The van der Waals surface area contributed by atoms with Gasteiger partial charge in [-0.3, -0.25) is 38.4 Å². The molecule has 16 aliphatic rings. The number of nitrogens with one attached hydrogen (secondary N) is 1. The fraction of sp³-hybridized carbons (Fsp3) is 0.781. The quantitative estimate of drug-likeness (QED) is 0.209. The third kappa shape index (κ3) is 35.4. The van der Waals surface area contributed by atoms with E-state index in [1.54, 1.807) is 19.4 Å². The molecule has 13 heterocycles. The Hall–Kier alpha value is -6.21. The van der Waals surface area contributed by atoms with Crippen molar-refractivity contribution < 1.29 is 38.3 Å². The van der Waals surface area contributed by atoms with Gasteiger partial charge in [0.15, 0.2) is 11.6 Å². The lowest BCUT2D eigenvalue weighted by molar-refractivity contribution is -0.143. The van der Waals surface area contributed by atoms with Gasteiger partial charge in [0.05, 0.1) is 7.11 Å². The van der Waals surface area contributed by atoms with Crippen molar-refractivity contribution >= 4 is 40.7 Å². The van der Waals surface area contributed by atoms with Crippen LogP contribution in [0.15, 0.2) is 87.9 Å². The summed E-state index contributed by atoms with van der Waals surface area (Å²) in [6.07, 6.45) is 48.2. The van der Waals surface area contributed by atoms with E-state index in [9.17, 15) is 38.4 Å². The maximum Gasteiger partial charge on any atom is 0.248 e. The fourth-order valence-corrected chi connectivity index (χ4v) is 25.1. The number of methoxy groups -OCH3 is 1. The minimum atomic E-state index is 0.0152. The summed E-state index contributed by atoms with van der Waals surface area (Å²) in [5.41, 5.74) is 7.05. The van der Waals surface area contributed by atoms with Crippen LogP contribution in [0.1, 0.15) is 290 Å². The molecular weight excluding hydrogens is 1700 g/mol.